The highest BCUT2D eigenvalue weighted by Gasteiger charge is 2.42. The highest BCUT2D eigenvalue weighted by molar-refractivity contribution is 9.12. The second-order valence-corrected chi connectivity index (χ2v) is 8.52. The van der Waals surface area contributed by atoms with Gasteiger partial charge in [0.1, 0.15) is 0 Å². The van der Waals surface area contributed by atoms with Crippen molar-refractivity contribution in [2.24, 2.45) is 4.99 Å². The second-order valence-electron chi connectivity index (χ2n) is 7.67. The Balaban J connectivity index is 0.000000313. The van der Waals surface area contributed by atoms with Crippen LogP contribution in [0, 0.1) is 0 Å². The molecule has 5 rings (SSSR count). The molecule has 0 aromatic heterocycles. The molecule has 1 N–H and O–H groups in total. The van der Waals surface area contributed by atoms with Crippen molar-refractivity contribution in [1.29, 1.82) is 0 Å². The molecule has 2 unspecified atom stereocenters. The van der Waals surface area contributed by atoms with Crippen LogP contribution in [0.15, 0.2) is 63.4 Å². The molecule has 0 fully saturated rings. The SMILES string of the molecule is C1=CNCC=N1.CC1CC=Cc2ccc3c(c21)C=CC1=C(C(F)(F)F)C(Br)=CCC13. The molecule has 2 atom stereocenters. The van der Waals surface area contributed by atoms with Gasteiger partial charge in [-0.15, -0.1) is 0 Å². The highest BCUT2D eigenvalue weighted by atomic mass is 79.9. The third-order valence-electron chi connectivity index (χ3n) is 5.75. The monoisotopic (exact) mass is 474 g/mol. The fourth-order valence-electron chi connectivity index (χ4n) is 4.43. The van der Waals surface area contributed by atoms with E-state index in [2.05, 4.69) is 51.4 Å². The van der Waals surface area contributed by atoms with Crippen LogP contribution in [-0.2, 0) is 0 Å². The lowest BCUT2D eigenvalue weighted by atomic mass is 9.72. The van der Waals surface area contributed by atoms with E-state index in [0.717, 1.165) is 24.1 Å². The van der Waals surface area contributed by atoms with Crippen LogP contribution in [0.3, 0.4) is 0 Å². The molecule has 0 saturated carbocycles. The summed E-state index contributed by atoms with van der Waals surface area (Å²) in [7, 11) is 0. The molecule has 0 spiro atoms. The number of alkyl halides is 3. The van der Waals surface area contributed by atoms with Gasteiger partial charge in [0.2, 0.25) is 0 Å². The van der Waals surface area contributed by atoms with Gasteiger partial charge in [0.05, 0.1) is 5.57 Å². The maximum atomic E-state index is 13.5. The first kappa shape index (κ1) is 20.9. The quantitative estimate of drug-likeness (QED) is 0.430. The molecule has 1 aromatic rings. The van der Waals surface area contributed by atoms with E-state index in [1.807, 2.05) is 24.6 Å². The van der Waals surface area contributed by atoms with Crippen molar-refractivity contribution in [3.63, 3.8) is 0 Å². The fraction of sp³-hybridized carbons (Fsp3) is 0.292. The maximum absolute atomic E-state index is 13.5. The Kier molecular flexibility index (Phi) is 5.87. The number of nitrogens with zero attached hydrogens (tertiary/aromatic N) is 1. The van der Waals surface area contributed by atoms with Crippen LogP contribution in [0.4, 0.5) is 13.2 Å². The highest BCUT2D eigenvalue weighted by Crippen LogP contribution is 2.50. The average molecular weight is 475 g/mol. The fourth-order valence-corrected chi connectivity index (χ4v) is 5.07. The molecule has 1 aromatic carbocycles. The molecular weight excluding hydrogens is 453 g/mol. The van der Waals surface area contributed by atoms with Crippen LogP contribution in [0.2, 0.25) is 0 Å². The average Bonchev–Trinajstić information content (AvgIpc) is 2.73. The Bertz CT molecular complexity index is 1010. The number of hydrogen-bond donors (Lipinski definition) is 1. The molecule has 1 heterocycles. The van der Waals surface area contributed by atoms with E-state index in [1.165, 1.54) is 11.1 Å². The van der Waals surface area contributed by atoms with E-state index in [9.17, 15) is 13.2 Å². The lowest BCUT2D eigenvalue weighted by Crippen LogP contribution is -2.22. The van der Waals surface area contributed by atoms with Crippen LogP contribution < -0.4 is 5.32 Å². The van der Waals surface area contributed by atoms with E-state index in [0.29, 0.717) is 17.9 Å². The van der Waals surface area contributed by atoms with Gasteiger partial charge in [0.15, 0.2) is 0 Å². The molecule has 156 valence electrons. The number of nitrogens with one attached hydrogen (secondary N) is 1. The molecule has 0 bridgehead atoms. The number of allylic oxidation sites excluding steroid dienone is 6. The van der Waals surface area contributed by atoms with Gasteiger partial charge < -0.3 is 5.32 Å². The molecule has 30 heavy (non-hydrogen) atoms. The largest absolute Gasteiger partial charge is 0.417 e. The third kappa shape index (κ3) is 3.97. The van der Waals surface area contributed by atoms with Crippen molar-refractivity contribution in [2.75, 3.05) is 6.54 Å². The molecule has 6 heteroatoms. The minimum absolute atomic E-state index is 0.156. The van der Waals surface area contributed by atoms with Gasteiger partial charge in [0, 0.05) is 35.6 Å². The van der Waals surface area contributed by atoms with Crippen LogP contribution in [-0.4, -0.2) is 18.9 Å². The third-order valence-corrected chi connectivity index (χ3v) is 6.47. The first-order valence-corrected chi connectivity index (χ1v) is 10.8. The summed E-state index contributed by atoms with van der Waals surface area (Å²) < 4.78 is 40.7. The Morgan fingerprint density at radius 3 is 2.60 bits per heavy atom. The van der Waals surface area contributed by atoms with Crippen LogP contribution in [0.5, 0.6) is 0 Å². The van der Waals surface area contributed by atoms with Gasteiger partial charge in [-0.25, -0.2) is 0 Å². The minimum Gasteiger partial charge on any atom is -0.385 e. The number of benzene rings is 1. The smallest absolute Gasteiger partial charge is 0.385 e. The molecule has 0 radical (unpaired) electrons. The number of aliphatic imine (C=N–C) groups is 1. The predicted octanol–water partition coefficient (Wildman–Crippen LogP) is 6.99. The van der Waals surface area contributed by atoms with E-state index < -0.39 is 11.7 Å². The van der Waals surface area contributed by atoms with Crippen molar-refractivity contribution < 1.29 is 13.2 Å². The Labute approximate surface area is 182 Å². The van der Waals surface area contributed by atoms with Gasteiger partial charge in [-0.2, -0.15) is 13.2 Å². The number of fused-ring (bicyclic) bond motifs is 5. The molecule has 0 amide bonds. The maximum Gasteiger partial charge on any atom is 0.417 e. The van der Waals surface area contributed by atoms with Gasteiger partial charge in [-0.3, -0.25) is 4.99 Å². The molecular formula is C24H22BrF3N2. The summed E-state index contributed by atoms with van der Waals surface area (Å²) in [6.07, 6.45) is 12.1. The summed E-state index contributed by atoms with van der Waals surface area (Å²) in [5.41, 5.74) is 4.44. The van der Waals surface area contributed by atoms with Crippen molar-refractivity contribution in [1.82, 2.24) is 5.32 Å². The Hall–Kier alpha value is -2.34. The van der Waals surface area contributed by atoms with E-state index >= 15 is 0 Å². The van der Waals surface area contributed by atoms with Crippen LogP contribution in [0.1, 0.15) is 53.9 Å². The minimum atomic E-state index is -4.35. The number of hydrogen-bond acceptors (Lipinski definition) is 2. The second kappa shape index (κ2) is 8.42. The summed E-state index contributed by atoms with van der Waals surface area (Å²) in [6.45, 7) is 3.05. The topological polar surface area (TPSA) is 24.4 Å². The van der Waals surface area contributed by atoms with E-state index in [1.54, 1.807) is 18.4 Å². The normalized spacial score (nSPS) is 23.6. The predicted molar refractivity (Wildman–Crippen MR) is 121 cm³/mol. The van der Waals surface area contributed by atoms with Crippen molar-refractivity contribution in [3.05, 3.63) is 80.6 Å². The van der Waals surface area contributed by atoms with Crippen LogP contribution in [0.25, 0.3) is 12.2 Å². The van der Waals surface area contributed by atoms with Gasteiger partial charge in [0.25, 0.3) is 0 Å². The van der Waals surface area contributed by atoms with Crippen molar-refractivity contribution >= 4 is 34.3 Å². The van der Waals surface area contributed by atoms with Crippen molar-refractivity contribution in [2.45, 2.75) is 37.8 Å². The summed E-state index contributed by atoms with van der Waals surface area (Å²) in [5, 5.41) is 2.95. The molecule has 2 nitrogen and oxygen atoms in total. The lowest BCUT2D eigenvalue weighted by Gasteiger charge is -2.33. The van der Waals surface area contributed by atoms with Crippen molar-refractivity contribution in [3.8, 4) is 0 Å². The summed E-state index contributed by atoms with van der Waals surface area (Å²) in [5.74, 6) is 0.175. The molecule has 3 aliphatic carbocycles. The standard InChI is InChI=1S/C20H16BrF3.C4H6N2/c1-11-3-2-4-12-5-6-13-14-9-10-17(21)19(20(22,23)24)16(14)8-7-15(13)18(11)12;1-2-6-4-3-5-1/h2,4-8,10-11,14H,3,9H2,1H3;1-3,6H,4H2. The first-order valence-electron chi connectivity index (χ1n) is 9.96. The molecule has 4 aliphatic rings. The first-order chi connectivity index (χ1) is 14.4. The zero-order chi connectivity index (χ0) is 21.3. The van der Waals surface area contributed by atoms with Gasteiger partial charge in [-0.05, 0) is 46.6 Å². The lowest BCUT2D eigenvalue weighted by molar-refractivity contribution is -0.0895. The summed E-state index contributed by atoms with van der Waals surface area (Å²) in [6, 6.07) is 4.06. The summed E-state index contributed by atoms with van der Waals surface area (Å²) in [4.78, 5) is 3.81. The van der Waals surface area contributed by atoms with Gasteiger partial charge >= 0.3 is 6.18 Å². The van der Waals surface area contributed by atoms with Crippen LogP contribution >= 0.6 is 15.9 Å². The number of rotatable bonds is 0. The Morgan fingerprint density at radius 2 is 1.97 bits per heavy atom. The van der Waals surface area contributed by atoms with Gasteiger partial charge in [-0.1, -0.05) is 65.4 Å². The van der Waals surface area contributed by atoms with E-state index in [4.69, 9.17) is 0 Å². The van der Waals surface area contributed by atoms with E-state index in [-0.39, 0.29) is 10.4 Å². The Morgan fingerprint density at radius 1 is 1.13 bits per heavy atom. The number of halogens is 4. The zero-order valence-corrected chi connectivity index (χ0v) is 18.1. The zero-order valence-electron chi connectivity index (χ0n) is 16.5. The molecule has 0 saturated heterocycles. The molecule has 1 aliphatic heterocycles. The summed E-state index contributed by atoms with van der Waals surface area (Å²) >= 11 is 3.10.